The lowest BCUT2D eigenvalue weighted by molar-refractivity contribution is -0.126. The Morgan fingerprint density at radius 2 is 2.14 bits per heavy atom. The first-order valence-corrected chi connectivity index (χ1v) is 10.5. The third kappa shape index (κ3) is 6.12. The van der Waals surface area contributed by atoms with Crippen LogP contribution in [0, 0.1) is 5.92 Å². The molecule has 1 aromatic carbocycles. The van der Waals surface area contributed by atoms with Gasteiger partial charge in [-0.05, 0) is 65.1 Å². The second-order valence-electron chi connectivity index (χ2n) is 7.52. The van der Waals surface area contributed by atoms with Crippen LogP contribution in [0.4, 0.5) is 0 Å². The Labute approximate surface area is 174 Å². The maximum Gasteiger partial charge on any atom is 0.241 e. The zero-order valence-electron chi connectivity index (χ0n) is 16.5. The maximum atomic E-state index is 12.3. The quantitative estimate of drug-likeness (QED) is 0.624. The molecule has 8 heteroatoms. The van der Waals surface area contributed by atoms with Gasteiger partial charge in [0, 0.05) is 22.5 Å². The highest BCUT2D eigenvalue weighted by atomic mass is 79.9. The third-order valence-corrected chi connectivity index (χ3v) is 5.44. The van der Waals surface area contributed by atoms with E-state index in [1.807, 2.05) is 38.4 Å². The van der Waals surface area contributed by atoms with Crippen LogP contribution in [-0.2, 0) is 11.3 Å². The summed E-state index contributed by atoms with van der Waals surface area (Å²) in [6.45, 7) is 4.09. The van der Waals surface area contributed by atoms with Crippen molar-refractivity contribution in [2.24, 2.45) is 5.92 Å². The van der Waals surface area contributed by atoms with Crippen molar-refractivity contribution in [1.82, 2.24) is 25.3 Å². The van der Waals surface area contributed by atoms with Gasteiger partial charge in [0.15, 0.2) is 0 Å². The Bertz CT molecular complexity index is 771. The molecular weight excluding hydrogens is 422 g/mol. The monoisotopic (exact) mass is 449 g/mol. The van der Waals surface area contributed by atoms with Gasteiger partial charge in [0.25, 0.3) is 0 Å². The Morgan fingerprint density at radius 1 is 1.36 bits per heavy atom. The lowest BCUT2D eigenvalue weighted by Gasteiger charge is -2.30. The molecule has 0 radical (unpaired) electrons. The minimum absolute atomic E-state index is 0.107. The van der Waals surface area contributed by atoms with Gasteiger partial charge in [-0.3, -0.25) is 9.69 Å². The van der Waals surface area contributed by atoms with E-state index < -0.39 is 0 Å². The highest BCUT2D eigenvalue weighted by Crippen LogP contribution is 2.22. The number of nitrogens with zero attached hydrogens (tertiary/aromatic N) is 4. The van der Waals surface area contributed by atoms with Gasteiger partial charge in [-0.15, -0.1) is 0 Å². The summed E-state index contributed by atoms with van der Waals surface area (Å²) in [4.78, 5) is 21.2. The number of hydrogen-bond acceptors (Lipinski definition) is 6. The Hall–Kier alpha value is -1.77. The molecule has 0 bridgehead atoms. The van der Waals surface area contributed by atoms with Crippen LogP contribution in [0.3, 0.4) is 0 Å². The van der Waals surface area contributed by atoms with Gasteiger partial charge in [0.1, 0.15) is 0 Å². The highest BCUT2D eigenvalue weighted by molar-refractivity contribution is 9.10. The van der Waals surface area contributed by atoms with Gasteiger partial charge in [-0.1, -0.05) is 33.2 Å². The summed E-state index contributed by atoms with van der Waals surface area (Å²) >= 11 is 3.46. The van der Waals surface area contributed by atoms with Crippen molar-refractivity contribution >= 4 is 21.8 Å². The molecule has 1 aliphatic heterocycles. The van der Waals surface area contributed by atoms with Gasteiger partial charge >= 0.3 is 0 Å². The summed E-state index contributed by atoms with van der Waals surface area (Å²) in [7, 11) is 4.09. The molecule has 0 aliphatic carbocycles. The maximum absolute atomic E-state index is 12.3. The van der Waals surface area contributed by atoms with Crippen LogP contribution in [0.15, 0.2) is 33.3 Å². The molecule has 0 atom stereocenters. The molecule has 3 rings (SSSR count). The summed E-state index contributed by atoms with van der Waals surface area (Å²) < 4.78 is 6.40. The zero-order valence-corrected chi connectivity index (χ0v) is 18.1. The molecule has 1 saturated heterocycles. The molecule has 1 amide bonds. The number of benzene rings is 1. The molecule has 1 aromatic heterocycles. The number of aromatic nitrogens is 2. The highest BCUT2D eigenvalue weighted by Gasteiger charge is 2.25. The van der Waals surface area contributed by atoms with E-state index in [-0.39, 0.29) is 11.8 Å². The molecule has 0 spiro atoms. The topological polar surface area (TPSA) is 74.5 Å². The lowest BCUT2D eigenvalue weighted by Crippen LogP contribution is -2.40. The Morgan fingerprint density at radius 3 is 2.86 bits per heavy atom. The summed E-state index contributed by atoms with van der Waals surface area (Å²) in [5.74, 6) is 1.51. The van der Waals surface area contributed by atoms with E-state index in [1.165, 1.54) is 0 Å². The predicted molar refractivity (Wildman–Crippen MR) is 112 cm³/mol. The third-order valence-electron chi connectivity index (χ3n) is 4.95. The van der Waals surface area contributed by atoms with Crippen LogP contribution in [-0.4, -0.2) is 66.1 Å². The number of carbonyl (C=O) groups is 1. The molecule has 1 fully saturated rings. The number of nitrogens with one attached hydrogen (secondary N) is 1. The van der Waals surface area contributed by atoms with Gasteiger partial charge in [0.05, 0.1) is 6.54 Å². The summed E-state index contributed by atoms with van der Waals surface area (Å²) in [5, 5.41) is 7.16. The molecule has 1 aliphatic rings. The zero-order chi connectivity index (χ0) is 19.9. The molecular formula is C20H28BrN5O2. The van der Waals surface area contributed by atoms with Crippen LogP contribution in [0.2, 0.25) is 0 Å². The van der Waals surface area contributed by atoms with E-state index >= 15 is 0 Å². The van der Waals surface area contributed by atoms with Crippen molar-refractivity contribution in [2.45, 2.75) is 25.8 Å². The number of amides is 1. The van der Waals surface area contributed by atoms with E-state index in [0.717, 1.165) is 55.5 Å². The first kappa shape index (κ1) is 21.0. The van der Waals surface area contributed by atoms with Gasteiger partial charge in [-0.25, -0.2) is 0 Å². The number of rotatable bonds is 8. The molecule has 152 valence electrons. The normalized spacial score (nSPS) is 15.9. The average Bonchev–Trinajstić information content (AvgIpc) is 3.14. The minimum Gasteiger partial charge on any atom is -0.356 e. The number of likely N-dealkylation sites (tertiary alicyclic amines) is 1. The van der Waals surface area contributed by atoms with Gasteiger partial charge in [0.2, 0.25) is 17.6 Å². The number of piperidine rings is 1. The molecule has 2 heterocycles. The molecule has 0 unspecified atom stereocenters. The SMILES string of the molecule is CN(C)CCCNC(=O)C1CCN(Cc2nc(-c3cccc(Br)c3)no2)CC1. The van der Waals surface area contributed by atoms with Crippen molar-refractivity contribution in [3.63, 3.8) is 0 Å². The van der Waals surface area contributed by atoms with Crippen molar-refractivity contribution in [2.75, 3.05) is 40.3 Å². The van der Waals surface area contributed by atoms with Crippen LogP contribution < -0.4 is 5.32 Å². The summed E-state index contributed by atoms with van der Waals surface area (Å²) in [6.07, 6.45) is 2.72. The van der Waals surface area contributed by atoms with E-state index in [9.17, 15) is 4.79 Å². The van der Waals surface area contributed by atoms with Gasteiger partial charge in [-0.2, -0.15) is 4.98 Å². The lowest BCUT2D eigenvalue weighted by atomic mass is 9.96. The first-order valence-electron chi connectivity index (χ1n) is 9.74. The van der Waals surface area contributed by atoms with Gasteiger partial charge < -0.3 is 14.7 Å². The van der Waals surface area contributed by atoms with Crippen molar-refractivity contribution < 1.29 is 9.32 Å². The second-order valence-corrected chi connectivity index (χ2v) is 8.44. The second kappa shape index (κ2) is 10.1. The molecule has 7 nitrogen and oxygen atoms in total. The fourth-order valence-corrected chi connectivity index (χ4v) is 3.76. The van der Waals surface area contributed by atoms with Crippen LogP contribution in [0.25, 0.3) is 11.4 Å². The average molecular weight is 450 g/mol. The van der Waals surface area contributed by atoms with Crippen molar-refractivity contribution in [3.8, 4) is 11.4 Å². The largest absolute Gasteiger partial charge is 0.356 e. The smallest absolute Gasteiger partial charge is 0.241 e. The molecule has 28 heavy (non-hydrogen) atoms. The standard InChI is InChI=1S/C20H28BrN5O2/c1-25(2)10-4-9-22-20(27)15-7-11-26(12-8-15)14-18-23-19(24-28-18)16-5-3-6-17(21)13-16/h3,5-6,13,15H,4,7-12,14H2,1-2H3,(H,22,27). The van der Waals surface area contributed by atoms with Crippen LogP contribution >= 0.6 is 15.9 Å². The Balaban J connectivity index is 1.43. The fourth-order valence-electron chi connectivity index (χ4n) is 3.36. The van der Waals surface area contributed by atoms with Crippen molar-refractivity contribution in [3.05, 3.63) is 34.6 Å². The van der Waals surface area contributed by atoms with E-state index in [1.54, 1.807) is 0 Å². The first-order chi connectivity index (χ1) is 13.5. The Kier molecular flexibility index (Phi) is 7.58. The molecule has 2 aromatic rings. The fraction of sp³-hybridized carbons (Fsp3) is 0.550. The predicted octanol–water partition coefficient (Wildman–Crippen LogP) is 2.78. The number of halogens is 1. The van der Waals surface area contributed by atoms with E-state index in [2.05, 4.69) is 41.2 Å². The molecule has 1 N–H and O–H groups in total. The number of carbonyl (C=O) groups excluding carboxylic acids is 1. The molecule has 0 saturated carbocycles. The van der Waals surface area contributed by atoms with Crippen molar-refractivity contribution in [1.29, 1.82) is 0 Å². The van der Waals surface area contributed by atoms with E-state index in [0.29, 0.717) is 18.3 Å². The summed E-state index contributed by atoms with van der Waals surface area (Å²) in [6, 6.07) is 7.85. The van der Waals surface area contributed by atoms with E-state index in [4.69, 9.17) is 4.52 Å². The minimum atomic E-state index is 0.107. The summed E-state index contributed by atoms with van der Waals surface area (Å²) in [5.41, 5.74) is 0.925. The van der Waals surface area contributed by atoms with Crippen LogP contribution in [0.1, 0.15) is 25.2 Å². The number of hydrogen-bond donors (Lipinski definition) is 1. The van der Waals surface area contributed by atoms with Crippen LogP contribution in [0.5, 0.6) is 0 Å².